The number of rotatable bonds is 1. The molecule has 1 aliphatic rings. The maximum atomic E-state index is 10.9. The average Bonchev–Trinajstić information content (AvgIpc) is 2.49. The number of nitrogens with two attached hydrogens (primary N) is 1. The van der Waals surface area contributed by atoms with Crippen LogP contribution in [0, 0.1) is 0 Å². The fourth-order valence-electron chi connectivity index (χ4n) is 1.12. The van der Waals surface area contributed by atoms with Crippen molar-refractivity contribution in [1.29, 1.82) is 0 Å². The molecule has 1 aliphatic heterocycles. The number of benzene rings is 1. The molecule has 1 radical (unpaired) electrons. The lowest BCUT2D eigenvalue weighted by Crippen LogP contribution is -2.12. The van der Waals surface area contributed by atoms with Crippen LogP contribution in [0.25, 0.3) is 0 Å². The first-order valence-corrected chi connectivity index (χ1v) is 3.45. The highest BCUT2D eigenvalue weighted by Crippen LogP contribution is 2.31. The molecule has 1 heterocycles. The molecule has 59 valence electrons. The first-order valence-electron chi connectivity index (χ1n) is 3.45. The number of aliphatic imine (C=N–C) groups is 1. The highest BCUT2D eigenvalue weighted by Gasteiger charge is 2.15. The molecule has 0 saturated carbocycles. The molecule has 0 fully saturated rings. The molecular weight excluding hydrogens is 154 g/mol. The van der Waals surface area contributed by atoms with Crippen molar-refractivity contribution in [2.45, 2.75) is 0 Å². The van der Waals surface area contributed by atoms with Crippen LogP contribution >= 0.6 is 0 Å². The molecule has 0 spiro atoms. The van der Waals surface area contributed by atoms with E-state index >= 15 is 0 Å². The maximum Gasteiger partial charge on any atom is 0.250 e. The van der Waals surface area contributed by atoms with Crippen molar-refractivity contribution in [3.63, 3.8) is 0 Å². The second kappa shape index (κ2) is 2.34. The molecule has 1 aromatic rings. The summed E-state index contributed by atoms with van der Waals surface area (Å²) in [6.07, 6.45) is 1.41. The third kappa shape index (κ3) is 0.852. The number of amides is 1. The standard InChI is InChI=1S/C8H6N3O/c9-8(12)5-2-1-3-6-7(5)11-4-10-6/h1-4H,(H2,9,12). The van der Waals surface area contributed by atoms with E-state index in [1.165, 1.54) is 6.34 Å². The third-order valence-electron chi connectivity index (χ3n) is 1.66. The van der Waals surface area contributed by atoms with Gasteiger partial charge in [0.25, 0.3) is 5.91 Å². The summed E-state index contributed by atoms with van der Waals surface area (Å²) in [6, 6.07) is 5.16. The number of hydrogen-bond acceptors (Lipinski definition) is 2. The number of nitrogens with zero attached hydrogens (tertiary/aromatic N) is 2. The molecule has 2 rings (SSSR count). The highest BCUT2D eigenvalue weighted by molar-refractivity contribution is 6.02. The zero-order valence-corrected chi connectivity index (χ0v) is 6.19. The Balaban J connectivity index is 2.60. The van der Waals surface area contributed by atoms with Gasteiger partial charge < -0.3 is 5.73 Å². The van der Waals surface area contributed by atoms with E-state index in [0.29, 0.717) is 16.9 Å². The van der Waals surface area contributed by atoms with Gasteiger partial charge in [0.1, 0.15) is 12.0 Å². The lowest BCUT2D eigenvalue weighted by molar-refractivity contribution is 0.100. The van der Waals surface area contributed by atoms with Gasteiger partial charge in [-0.15, -0.1) is 0 Å². The summed E-state index contributed by atoms with van der Waals surface area (Å²) in [5, 5.41) is 3.93. The van der Waals surface area contributed by atoms with E-state index in [4.69, 9.17) is 5.73 Å². The fraction of sp³-hybridized carbons (Fsp3) is 0. The molecule has 1 aromatic carbocycles. The van der Waals surface area contributed by atoms with Gasteiger partial charge in [0, 0.05) is 0 Å². The van der Waals surface area contributed by atoms with Crippen LogP contribution < -0.4 is 11.1 Å². The summed E-state index contributed by atoms with van der Waals surface area (Å²) in [6.45, 7) is 0. The fourth-order valence-corrected chi connectivity index (χ4v) is 1.12. The lowest BCUT2D eigenvalue weighted by Gasteiger charge is -2.00. The van der Waals surface area contributed by atoms with Crippen molar-refractivity contribution in [1.82, 2.24) is 5.32 Å². The Morgan fingerprint density at radius 1 is 1.42 bits per heavy atom. The van der Waals surface area contributed by atoms with Crippen molar-refractivity contribution in [3.8, 4) is 0 Å². The van der Waals surface area contributed by atoms with E-state index in [-0.39, 0.29) is 0 Å². The molecule has 4 nitrogen and oxygen atoms in total. The first kappa shape index (κ1) is 6.84. The minimum atomic E-state index is -0.471. The van der Waals surface area contributed by atoms with E-state index in [1.54, 1.807) is 18.2 Å². The van der Waals surface area contributed by atoms with Gasteiger partial charge >= 0.3 is 0 Å². The van der Waals surface area contributed by atoms with E-state index < -0.39 is 5.91 Å². The second-order valence-corrected chi connectivity index (χ2v) is 2.41. The monoisotopic (exact) mass is 160 g/mol. The Hall–Kier alpha value is -1.84. The Morgan fingerprint density at radius 2 is 2.25 bits per heavy atom. The van der Waals surface area contributed by atoms with Gasteiger partial charge in [0.15, 0.2) is 0 Å². The largest absolute Gasteiger partial charge is 0.366 e. The van der Waals surface area contributed by atoms with Crippen molar-refractivity contribution < 1.29 is 4.79 Å². The minimum Gasteiger partial charge on any atom is -0.366 e. The van der Waals surface area contributed by atoms with Gasteiger partial charge in [-0.3, -0.25) is 4.79 Å². The van der Waals surface area contributed by atoms with Crippen LogP contribution in [0.4, 0.5) is 11.4 Å². The minimum absolute atomic E-state index is 0.421. The van der Waals surface area contributed by atoms with E-state index in [0.717, 1.165) is 0 Å². The summed E-state index contributed by atoms with van der Waals surface area (Å²) in [5.74, 6) is -0.471. The molecule has 1 amide bonds. The Kier molecular flexibility index (Phi) is 1.33. The van der Waals surface area contributed by atoms with Crippen LogP contribution in [0.15, 0.2) is 23.2 Å². The first-order chi connectivity index (χ1) is 5.79. The van der Waals surface area contributed by atoms with Gasteiger partial charge in [-0.05, 0) is 12.1 Å². The number of carbonyl (C=O) groups excluding carboxylic acids is 1. The Bertz CT molecular complexity index is 371. The van der Waals surface area contributed by atoms with Crippen LogP contribution in [0.3, 0.4) is 0 Å². The van der Waals surface area contributed by atoms with Crippen LogP contribution in [0.5, 0.6) is 0 Å². The van der Waals surface area contributed by atoms with Crippen LogP contribution in [-0.4, -0.2) is 12.2 Å². The molecule has 0 bridgehead atoms. The third-order valence-corrected chi connectivity index (χ3v) is 1.66. The number of carbonyl (C=O) groups is 1. The molecule has 0 aromatic heterocycles. The molecule has 4 heteroatoms. The number of primary amides is 1. The quantitative estimate of drug-likeness (QED) is 0.645. The van der Waals surface area contributed by atoms with Gasteiger partial charge in [0.05, 0.1) is 11.3 Å². The number of hydrogen-bond donors (Lipinski definition) is 1. The maximum absolute atomic E-state index is 10.9. The summed E-state index contributed by atoms with van der Waals surface area (Å²) < 4.78 is 0. The summed E-state index contributed by atoms with van der Waals surface area (Å²) in [7, 11) is 0. The van der Waals surface area contributed by atoms with Crippen molar-refractivity contribution >= 4 is 23.6 Å². The SMILES string of the molecule is NC(=O)c1cccc2c1[N]C=N2. The van der Waals surface area contributed by atoms with Crippen molar-refractivity contribution in [2.75, 3.05) is 0 Å². The summed E-state index contributed by atoms with van der Waals surface area (Å²) in [5.41, 5.74) is 6.83. The van der Waals surface area contributed by atoms with E-state index in [9.17, 15) is 4.79 Å². The highest BCUT2D eigenvalue weighted by atomic mass is 16.1. The van der Waals surface area contributed by atoms with Gasteiger partial charge in [-0.1, -0.05) is 6.07 Å². The van der Waals surface area contributed by atoms with Gasteiger partial charge in [0.2, 0.25) is 0 Å². The predicted octanol–water partition coefficient (Wildman–Crippen LogP) is 0.695. The number of fused-ring (bicyclic) bond motifs is 1. The van der Waals surface area contributed by atoms with Gasteiger partial charge in [-0.25, -0.2) is 10.3 Å². The molecule has 0 unspecified atom stereocenters. The van der Waals surface area contributed by atoms with Gasteiger partial charge in [-0.2, -0.15) is 0 Å². The normalized spacial score (nSPS) is 12.3. The molecule has 12 heavy (non-hydrogen) atoms. The zero-order valence-electron chi connectivity index (χ0n) is 6.19. The van der Waals surface area contributed by atoms with Crippen LogP contribution in [0.1, 0.15) is 10.4 Å². The van der Waals surface area contributed by atoms with E-state index in [2.05, 4.69) is 10.3 Å². The molecule has 0 aliphatic carbocycles. The Labute approximate surface area is 69.1 Å². The predicted molar refractivity (Wildman–Crippen MR) is 44.9 cm³/mol. The molecule has 2 N–H and O–H groups in total. The van der Waals surface area contributed by atoms with Crippen molar-refractivity contribution in [3.05, 3.63) is 23.8 Å². The Morgan fingerprint density at radius 3 is 3.00 bits per heavy atom. The molecule has 0 atom stereocenters. The summed E-state index contributed by atoms with van der Waals surface area (Å²) in [4.78, 5) is 14.8. The zero-order chi connectivity index (χ0) is 8.55. The average molecular weight is 160 g/mol. The lowest BCUT2D eigenvalue weighted by atomic mass is 10.1. The van der Waals surface area contributed by atoms with E-state index in [1.807, 2.05) is 0 Å². The van der Waals surface area contributed by atoms with Crippen molar-refractivity contribution in [2.24, 2.45) is 10.7 Å². The van der Waals surface area contributed by atoms with Crippen LogP contribution in [-0.2, 0) is 0 Å². The second-order valence-electron chi connectivity index (χ2n) is 2.41. The summed E-state index contributed by atoms with van der Waals surface area (Å²) >= 11 is 0. The topological polar surface area (TPSA) is 69.6 Å². The molecular formula is C8H6N3O. The number of para-hydroxylation sites is 1. The molecule has 0 saturated heterocycles. The smallest absolute Gasteiger partial charge is 0.250 e. The van der Waals surface area contributed by atoms with Crippen LogP contribution in [0.2, 0.25) is 0 Å².